The Kier molecular flexibility index (Phi) is 4.78. The largest absolute Gasteiger partial charge is 0.352 e. The van der Waals surface area contributed by atoms with E-state index in [1.165, 1.54) is 5.56 Å². The maximum absolute atomic E-state index is 12.4. The van der Waals surface area contributed by atoms with Crippen LogP contribution in [0.4, 0.5) is 0 Å². The molecule has 21 heavy (non-hydrogen) atoms. The predicted octanol–water partition coefficient (Wildman–Crippen LogP) is 2.00. The molecule has 0 aromatic heterocycles. The van der Waals surface area contributed by atoms with Crippen molar-refractivity contribution in [2.24, 2.45) is 0 Å². The van der Waals surface area contributed by atoms with Crippen molar-refractivity contribution in [1.82, 2.24) is 10.2 Å². The summed E-state index contributed by atoms with van der Waals surface area (Å²) in [7, 11) is 1.81. The minimum atomic E-state index is 0.00427. The van der Waals surface area contributed by atoms with Crippen LogP contribution in [0.2, 0.25) is 0 Å². The van der Waals surface area contributed by atoms with Gasteiger partial charge in [-0.1, -0.05) is 6.07 Å². The van der Waals surface area contributed by atoms with E-state index in [0.717, 1.165) is 29.5 Å². The van der Waals surface area contributed by atoms with E-state index in [2.05, 4.69) is 5.32 Å². The molecule has 0 radical (unpaired) electrons. The van der Waals surface area contributed by atoms with Crippen molar-refractivity contribution in [3.8, 4) is 0 Å². The van der Waals surface area contributed by atoms with E-state index in [4.69, 9.17) is 0 Å². The first-order valence-corrected chi connectivity index (χ1v) is 7.45. The van der Waals surface area contributed by atoms with Gasteiger partial charge in [0.15, 0.2) is 5.78 Å². The van der Waals surface area contributed by atoms with Gasteiger partial charge in [0.25, 0.3) is 0 Å². The van der Waals surface area contributed by atoms with Crippen molar-refractivity contribution >= 4 is 11.7 Å². The molecule has 0 saturated heterocycles. The van der Waals surface area contributed by atoms with E-state index < -0.39 is 0 Å². The molecule has 1 aromatic carbocycles. The zero-order chi connectivity index (χ0) is 15.6. The minimum absolute atomic E-state index is 0.00427. The number of carbonyl (C=O) groups is 2. The Morgan fingerprint density at radius 2 is 1.71 bits per heavy atom. The first-order valence-electron chi connectivity index (χ1n) is 7.45. The predicted molar refractivity (Wildman–Crippen MR) is 83.6 cm³/mol. The summed E-state index contributed by atoms with van der Waals surface area (Å²) in [5, 5.41) is 2.93. The number of nitrogens with zero attached hydrogens (tertiary/aromatic N) is 1. The van der Waals surface area contributed by atoms with E-state index in [0.29, 0.717) is 6.04 Å². The first kappa shape index (κ1) is 15.7. The van der Waals surface area contributed by atoms with Gasteiger partial charge < -0.3 is 5.32 Å². The van der Waals surface area contributed by atoms with Crippen molar-refractivity contribution in [1.29, 1.82) is 0 Å². The number of rotatable bonds is 6. The highest BCUT2D eigenvalue weighted by Crippen LogP contribution is 2.18. The number of Topliss-reactive ketones (excluding diaryl/α,β-unsaturated/α-hetero) is 1. The molecular weight excluding hydrogens is 264 g/mol. The van der Waals surface area contributed by atoms with Crippen LogP contribution in [0.3, 0.4) is 0 Å². The van der Waals surface area contributed by atoms with Gasteiger partial charge >= 0.3 is 0 Å². The fourth-order valence-corrected chi connectivity index (χ4v) is 2.39. The Morgan fingerprint density at radius 3 is 2.33 bits per heavy atom. The summed E-state index contributed by atoms with van der Waals surface area (Å²) in [5.74, 6) is 0.0712. The molecule has 1 saturated carbocycles. The molecule has 0 spiro atoms. The van der Waals surface area contributed by atoms with Crippen LogP contribution >= 0.6 is 0 Å². The summed E-state index contributed by atoms with van der Waals surface area (Å²) in [5.41, 5.74) is 4.07. The Balaban J connectivity index is 1.93. The molecule has 114 valence electrons. The summed E-state index contributed by atoms with van der Waals surface area (Å²) >= 11 is 0. The van der Waals surface area contributed by atoms with Crippen LogP contribution in [0.25, 0.3) is 0 Å². The monoisotopic (exact) mass is 288 g/mol. The number of aryl methyl sites for hydroxylation is 3. The van der Waals surface area contributed by atoms with E-state index in [1.54, 1.807) is 11.9 Å². The second-order valence-corrected chi connectivity index (χ2v) is 6.19. The lowest BCUT2D eigenvalue weighted by atomic mass is 9.98. The summed E-state index contributed by atoms with van der Waals surface area (Å²) in [4.78, 5) is 25.9. The van der Waals surface area contributed by atoms with Gasteiger partial charge in [-0.05, 0) is 63.4 Å². The van der Waals surface area contributed by atoms with Crippen molar-refractivity contribution in [3.63, 3.8) is 0 Å². The highest BCUT2D eigenvalue weighted by Gasteiger charge is 2.24. The van der Waals surface area contributed by atoms with Gasteiger partial charge in [-0.15, -0.1) is 0 Å². The fraction of sp³-hybridized carbons (Fsp3) is 0.529. The second-order valence-electron chi connectivity index (χ2n) is 6.19. The van der Waals surface area contributed by atoms with Crippen LogP contribution in [-0.2, 0) is 4.79 Å². The van der Waals surface area contributed by atoms with Crippen LogP contribution in [0.1, 0.15) is 39.9 Å². The topological polar surface area (TPSA) is 49.4 Å². The molecule has 0 unspecified atom stereocenters. The second kappa shape index (κ2) is 6.39. The quantitative estimate of drug-likeness (QED) is 0.815. The number of amides is 1. The number of nitrogens with one attached hydrogen (secondary N) is 1. The van der Waals surface area contributed by atoms with Gasteiger partial charge in [-0.25, -0.2) is 0 Å². The molecule has 0 atom stereocenters. The standard InChI is InChI=1S/C17H24N2O2/c1-11-7-13(3)15(8-12(11)2)16(20)9-19(4)10-17(21)18-14-5-6-14/h7-8,14H,5-6,9-10H2,1-4H3,(H,18,21). The van der Waals surface area contributed by atoms with Crippen molar-refractivity contribution in [2.45, 2.75) is 39.7 Å². The third-order valence-electron chi connectivity index (χ3n) is 3.91. The number of likely N-dealkylation sites (N-methyl/N-ethyl adjacent to an activating group) is 1. The average molecular weight is 288 g/mol. The molecule has 1 fully saturated rings. The van der Waals surface area contributed by atoms with Gasteiger partial charge in [0.05, 0.1) is 13.1 Å². The molecule has 1 aliphatic rings. The Morgan fingerprint density at radius 1 is 1.10 bits per heavy atom. The number of hydrogen-bond donors (Lipinski definition) is 1. The highest BCUT2D eigenvalue weighted by atomic mass is 16.2. The van der Waals surface area contributed by atoms with E-state index in [-0.39, 0.29) is 24.8 Å². The van der Waals surface area contributed by atoms with Crippen LogP contribution in [0.5, 0.6) is 0 Å². The Bertz CT molecular complexity index is 562. The van der Waals surface area contributed by atoms with Gasteiger partial charge in [0, 0.05) is 11.6 Å². The molecule has 1 aromatic rings. The maximum atomic E-state index is 12.4. The highest BCUT2D eigenvalue weighted by molar-refractivity contribution is 5.99. The van der Waals surface area contributed by atoms with E-state index in [1.807, 2.05) is 32.9 Å². The molecule has 0 bridgehead atoms. The van der Waals surface area contributed by atoms with Crippen molar-refractivity contribution < 1.29 is 9.59 Å². The number of hydrogen-bond acceptors (Lipinski definition) is 3. The van der Waals surface area contributed by atoms with Crippen LogP contribution in [-0.4, -0.2) is 42.8 Å². The molecule has 4 nitrogen and oxygen atoms in total. The maximum Gasteiger partial charge on any atom is 0.234 e. The van der Waals surface area contributed by atoms with Crippen molar-refractivity contribution in [2.75, 3.05) is 20.1 Å². The molecule has 2 rings (SSSR count). The van der Waals surface area contributed by atoms with Crippen LogP contribution < -0.4 is 5.32 Å². The van der Waals surface area contributed by atoms with E-state index in [9.17, 15) is 9.59 Å². The van der Waals surface area contributed by atoms with Crippen molar-refractivity contribution in [3.05, 3.63) is 34.4 Å². The molecule has 1 amide bonds. The van der Waals surface area contributed by atoms with Gasteiger partial charge in [0.1, 0.15) is 0 Å². The molecule has 0 aliphatic heterocycles. The lowest BCUT2D eigenvalue weighted by molar-refractivity contribution is -0.121. The zero-order valence-electron chi connectivity index (χ0n) is 13.3. The lowest BCUT2D eigenvalue weighted by Crippen LogP contribution is -2.38. The summed E-state index contributed by atoms with van der Waals surface area (Å²) < 4.78 is 0. The fourth-order valence-electron chi connectivity index (χ4n) is 2.39. The van der Waals surface area contributed by atoms with Gasteiger partial charge in [-0.2, -0.15) is 0 Å². The van der Waals surface area contributed by atoms with Gasteiger partial charge in [0.2, 0.25) is 5.91 Å². The number of ketones is 1. The molecule has 0 heterocycles. The Hall–Kier alpha value is -1.68. The molecular formula is C17H24N2O2. The molecule has 1 aliphatic carbocycles. The summed E-state index contributed by atoms with van der Waals surface area (Å²) in [6.45, 7) is 6.55. The number of carbonyl (C=O) groups excluding carboxylic acids is 2. The smallest absolute Gasteiger partial charge is 0.234 e. The van der Waals surface area contributed by atoms with Crippen LogP contribution in [0.15, 0.2) is 12.1 Å². The first-order chi connectivity index (χ1) is 9.86. The van der Waals surface area contributed by atoms with Gasteiger partial charge in [-0.3, -0.25) is 14.5 Å². The third kappa shape index (κ3) is 4.39. The summed E-state index contributed by atoms with van der Waals surface area (Å²) in [6, 6.07) is 4.36. The summed E-state index contributed by atoms with van der Waals surface area (Å²) in [6.07, 6.45) is 2.16. The SMILES string of the molecule is Cc1cc(C)c(C(=O)CN(C)CC(=O)NC2CC2)cc1C. The minimum Gasteiger partial charge on any atom is -0.352 e. The Labute approximate surface area is 126 Å². The van der Waals surface area contributed by atoms with E-state index >= 15 is 0 Å². The molecule has 1 N–H and O–H groups in total. The van der Waals surface area contributed by atoms with Crippen LogP contribution in [0, 0.1) is 20.8 Å². The third-order valence-corrected chi connectivity index (χ3v) is 3.91. The average Bonchev–Trinajstić information content (AvgIpc) is 3.16. The number of benzene rings is 1. The zero-order valence-corrected chi connectivity index (χ0v) is 13.3. The normalized spacial score (nSPS) is 14.3. The molecule has 4 heteroatoms. The lowest BCUT2D eigenvalue weighted by Gasteiger charge is -2.16.